The fourth-order valence-electron chi connectivity index (χ4n) is 2.82. The van der Waals surface area contributed by atoms with Crippen molar-refractivity contribution in [1.82, 2.24) is 5.32 Å². The van der Waals surface area contributed by atoms with Crippen LogP contribution in [-0.2, 0) is 14.9 Å². The SMILES string of the molecule is Cc1ccc(S(=O)(=O)Oc2cccc(/C=C3/SC(=Nc4ccccc4Br)NC3=O)c2)cc1. The zero-order chi connectivity index (χ0) is 22.7. The second-order valence-corrected chi connectivity index (χ2v) is 10.3. The van der Waals surface area contributed by atoms with Crippen LogP contribution >= 0.6 is 27.7 Å². The first-order chi connectivity index (χ1) is 15.3. The van der Waals surface area contributed by atoms with Crippen LogP contribution in [-0.4, -0.2) is 19.5 Å². The fraction of sp³-hybridized carbons (Fsp3) is 0.0435. The van der Waals surface area contributed by atoms with E-state index in [0.29, 0.717) is 21.3 Å². The number of para-hydroxylation sites is 1. The minimum Gasteiger partial charge on any atom is -0.379 e. The Bertz CT molecular complexity index is 1350. The summed E-state index contributed by atoms with van der Waals surface area (Å²) in [4.78, 5) is 17.3. The molecule has 1 saturated heterocycles. The third-order valence-electron chi connectivity index (χ3n) is 4.40. The highest BCUT2D eigenvalue weighted by Gasteiger charge is 2.24. The molecule has 1 amide bonds. The van der Waals surface area contributed by atoms with Gasteiger partial charge in [-0.3, -0.25) is 4.79 Å². The van der Waals surface area contributed by atoms with Gasteiger partial charge in [0.1, 0.15) is 10.6 Å². The number of rotatable bonds is 5. The highest BCUT2D eigenvalue weighted by atomic mass is 79.9. The Morgan fingerprint density at radius 1 is 1.03 bits per heavy atom. The number of amides is 1. The number of aryl methyl sites for hydroxylation is 1. The summed E-state index contributed by atoms with van der Waals surface area (Å²) in [5.74, 6) is -0.121. The molecule has 9 heteroatoms. The maximum absolute atomic E-state index is 12.5. The van der Waals surface area contributed by atoms with Crippen molar-refractivity contribution in [3.8, 4) is 5.75 Å². The predicted molar refractivity (Wildman–Crippen MR) is 130 cm³/mol. The second-order valence-electron chi connectivity index (χ2n) is 6.86. The van der Waals surface area contributed by atoms with Crippen molar-refractivity contribution in [3.05, 3.63) is 93.3 Å². The van der Waals surface area contributed by atoms with E-state index in [9.17, 15) is 13.2 Å². The largest absolute Gasteiger partial charge is 0.379 e. The Balaban J connectivity index is 1.54. The number of nitrogens with one attached hydrogen (secondary N) is 1. The van der Waals surface area contributed by atoms with Crippen molar-refractivity contribution in [1.29, 1.82) is 0 Å². The summed E-state index contributed by atoms with van der Waals surface area (Å²) in [5.41, 5.74) is 2.28. The van der Waals surface area contributed by atoms with Crippen molar-refractivity contribution in [2.75, 3.05) is 0 Å². The van der Waals surface area contributed by atoms with Crippen LogP contribution in [0.3, 0.4) is 0 Å². The van der Waals surface area contributed by atoms with Crippen LogP contribution < -0.4 is 9.50 Å². The molecule has 32 heavy (non-hydrogen) atoms. The molecule has 0 bridgehead atoms. The quantitative estimate of drug-likeness (QED) is 0.353. The first-order valence-electron chi connectivity index (χ1n) is 9.45. The van der Waals surface area contributed by atoms with E-state index in [0.717, 1.165) is 10.0 Å². The van der Waals surface area contributed by atoms with E-state index < -0.39 is 10.1 Å². The minimum atomic E-state index is -3.96. The van der Waals surface area contributed by atoms with Crippen molar-refractivity contribution in [2.45, 2.75) is 11.8 Å². The first kappa shape index (κ1) is 22.3. The van der Waals surface area contributed by atoms with E-state index in [4.69, 9.17) is 4.18 Å². The number of hydrogen-bond acceptors (Lipinski definition) is 6. The molecular weight excluding hydrogens is 512 g/mol. The van der Waals surface area contributed by atoms with Gasteiger partial charge in [-0.25, -0.2) is 4.99 Å². The number of halogens is 1. The van der Waals surface area contributed by atoms with E-state index >= 15 is 0 Å². The van der Waals surface area contributed by atoms with Gasteiger partial charge in [0.25, 0.3) is 5.91 Å². The van der Waals surface area contributed by atoms with Crippen molar-refractivity contribution in [3.63, 3.8) is 0 Å². The lowest BCUT2D eigenvalue weighted by Gasteiger charge is -2.08. The monoisotopic (exact) mass is 528 g/mol. The van der Waals surface area contributed by atoms with Crippen LogP contribution in [0.15, 0.2) is 92.1 Å². The number of carbonyl (C=O) groups is 1. The molecule has 162 valence electrons. The van der Waals surface area contributed by atoms with Gasteiger partial charge in [-0.2, -0.15) is 8.42 Å². The van der Waals surface area contributed by atoms with Crippen molar-refractivity contribution in [2.24, 2.45) is 4.99 Å². The average molecular weight is 529 g/mol. The summed E-state index contributed by atoms with van der Waals surface area (Å²) in [5, 5.41) is 3.20. The Morgan fingerprint density at radius 3 is 2.53 bits per heavy atom. The van der Waals surface area contributed by atoms with Gasteiger partial charge in [0.15, 0.2) is 5.17 Å². The molecule has 3 aromatic carbocycles. The van der Waals surface area contributed by atoms with Gasteiger partial charge in [0, 0.05) is 4.47 Å². The molecule has 0 saturated carbocycles. The molecule has 4 rings (SSSR count). The van der Waals surface area contributed by atoms with E-state index in [1.54, 1.807) is 42.5 Å². The van der Waals surface area contributed by atoms with E-state index in [1.165, 1.54) is 23.9 Å². The molecule has 3 aromatic rings. The molecule has 0 unspecified atom stereocenters. The Hall–Kier alpha value is -2.88. The molecule has 1 aliphatic heterocycles. The average Bonchev–Trinajstić information content (AvgIpc) is 3.08. The Labute approximate surface area is 198 Å². The summed E-state index contributed by atoms with van der Waals surface area (Å²) in [6, 6.07) is 20.4. The molecule has 0 aliphatic carbocycles. The highest BCUT2D eigenvalue weighted by Crippen LogP contribution is 2.31. The van der Waals surface area contributed by atoms with Gasteiger partial charge in [-0.15, -0.1) is 0 Å². The lowest BCUT2D eigenvalue weighted by Crippen LogP contribution is -2.19. The van der Waals surface area contributed by atoms with E-state index in [-0.39, 0.29) is 16.6 Å². The highest BCUT2D eigenvalue weighted by molar-refractivity contribution is 9.10. The molecule has 1 aliphatic rings. The van der Waals surface area contributed by atoms with Crippen LogP contribution in [0.2, 0.25) is 0 Å². The van der Waals surface area contributed by atoms with Gasteiger partial charge >= 0.3 is 10.1 Å². The topological polar surface area (TPSA) is 84.8 Å². The van der Waals surface area contributed by atoms with Gasteiger partial charge in [0.05, 0.1) is 10.6 Å². The summed E-state index contributed by atoms with van der Waals surface area (Å²) >= 11 is 4.64. The molecule has 0 spiro atoms. The fourth-order valence-corrected chi connectivity index (χ4v) is 4.95. The van der Waals surface area contributed by atoms with Crippen LogP contribution in [0.5, 0.6) is 5.75 Å². The number of amidine groups is 1. The zero-order valence-electron chi connectivity index (χ0n) is 16.8. The molecule has 1 fully saturated rings. The van der Waals surface area contributed by atoms with Gasteiger partial charge < -0.3 is 9.50 Å². The van der Waals surface area contributed by atoms with Crippen LogP contribution in [0.4, 0.5) is 5.69 Å². The summed E-state index contributed by atoms with van der Waals surface area (Å²) in [7, 11) is -3.96. The Morgan fingerprint density at radius 2 is 1.78 bits per heavy atom. The maximum Gasteiger partial charge on any atom is 0.339 e. The molecular formula is C23H17BrN2O4S2. The van der Waals surface area contributed by atoms with Crippen molar-refractivity contribution < 1.29 is 17.4 Å². The third kappa shape index (κ3) is 5.29. The lowest BCUT2D eigenvalue weighted by molar-refractivity contribution is -0.115. The van der Waals surface area contributed by atoms with E-state index in [1.807, 2.05) is 31.2 Å². The molecule has 6 nitrogen and oxygen atoms in total. The number of aliphatic imine (C=N–C) groups is 1. The predicted octanol–water partition coefficient (Wildman–Crippen LogP) is 5.42. The second kappa shape index (κ2) is 9.32. The lowest BCUT2D eigenvalue weighted by atomic mass is 10.2. The van der Waals surface area contributed by atoms with Gasteiger partial charge in [-0.05, 0) is 82.7 Å². The summed E-state index contributed by atoms with van der Waals surface area (Å²) in [6.45, 7) is 1.88. The number of hydrogen-bond donors (Lipinski definition) is 1. The normalized spacial score (nSPS) is 16.4. The summed E-state index contributed by atoms with van der Waals surface area (Å²) in [6.07, 6.45) is 1.66. The van der Waals surface area contributed by atoms with Gasteiger partial charge in [-0.1, -0.05) is 42.0 Å². The molecule has 1 heterocycles. The first-order valence-corrected chi connectivity index (χ1v) is 12.5. The third-order valence-corrected chi connectivity index (χ3v) is 7.24. The van der Waals surface area contributed by atoms with Gasteiger partial charge in [0.2, 0.25) is 0 Å². The van der Waals surface area contributed by atoms with Crippen LogP contribution in [0.25, 0.3) is 6.08 Å². The number of nitrogens with zero attached hydrogens (tertiary/aromatic N) is 1. The number of benzene rings is 3. The summed E-state index contributed by atoms with van der Waals surface area (Å²) < 4.78 is 31.2. The maximum atomic E-state index is 12.5. The molecule has 0 aromatic heterocycles. The smallest absolute Gasteiger partial charge is 0.339 e. The Kier molecular flexibility index (Phi) is 6.50. The number of thioether (sulfide) groups is 1. The molecule has 1 N–H and O–H groups in total. The standard InChI is InChI=1S/C23H17BrN2O4S2/c1-15-9-11-18(12-10-15)32(28,29)30-17-6-4-5-16(13-17)14-21-22(27)26-23(31-21)25-20-8-3-2-7-19(20)24/h2-14H,1H3,(H,25,26,27)/b21-14+. The molecule has 0 atom stereocenters. The zero-order valence-corrected chi connectivity index (χ0v) is 20.0. The van der Waals surface area contributed by atoms with E-state index in [2.05, 4.69) is 26.2 Å². The minimum absolute atomic E-state index is 0.0745. The van der Waals surface area contributed by atoms with Crippen molar-refractivity contribution >= 4 is 60.6 Å². The van der Waals surface area contributed by atoms with Crippen LogP contribution in [0, 0.1) is 6.92 Å². The molecule has 0 radical (unpaired) electrons. The number of carbonyl (C=O) groups excluding carboxylic acids is 1. The van der Waals surface area contributed by atoms with Crippen LogP contribution in [0.1, 0.15) is 11.1 Å².